The molecule has 2 rings (SSSR count). The van der Waals surface area contributed by atoms with Gasteiger partial charge in [-0.05, 0) is 12.8 Å². The van der Waals surface area contributed by atoms with Crippen LogP contribution in [0.2, 0.25) is 0 Å². The highest BCUT2D eigenvalue weighted by Crippen LogP contribution is 2.63. The quantitative estimate of drug-likeness (QED) is 0.528. The molecule has 2 atom stereocenters. The zero-order valence-electron chi connectivity index (χ0n) is 8.05. The minimum Gasteiger partial charge on any atom is -0.343 e. The van der Waals surface area contributed by atoms with E-state index in [1.807, 2.05) is 0 Å². The average molecular weight is 170 g/mol. The SMILES string of the molecule is CC1(C)C2CCC1(C)C(N)(N)O2. The van der Waals surface area contributed by atoms with Crippen LogP contribution in [0.3, 0.4) is 0 Å². The van der Waals surface area contributed by atoms with Crippen LogP contribution in [0.4, 0.5) is 0 Å². The maximum Gasteiger partial charge on any atom is 0.176 e. The summed E-state index contributed by atoms with van der Waals surface area (Å²) < 4.78 is 5.62. The summed E-state index contributed by atoms with van der Waals surface area (Å²) >= 11 is 0. The number of nitrogens with two attached hydrogens (primary N) is 2. The number of hydrogen-bond acceptors (Lipinski definition) is 3. The van der Waals surface area contributed by atoms with Crippen molar-refractivity contribution >= 4 is 0 Å². The fourth-order valence-corrected chi connectivity index (χ4v) is 2.73. The Morgan fingerprint density at radius 3 is 2.00 bits per heavy atom. The van der Waals surface area contributed by atoms with Gasteiger partial charge in [-0.1, -0.05) is 20.8 Å². The van der Waals surface area contributed by atoms with E-state index in [1.54, 1.807) is 0 Å². The second kappa shape index (κ2) is 1.86. The first-order valence-corrected chi connectivity index (χ1v) is 4.57. The predicted octanol–water partition coefficient (Wildman–Crippen LogP) is 0.783. The molecule has 0 aromatic rings. The smallest absolute Gasteiger partial charge is 0.176 e. The van der Waals surface area contributed by atoms with Crippen LogP contribution in [0.1, 0.15) is 33.6 Å². The standard InChI is InChI=1S/C9H18N2O/c1-7(2)6-4-5-8(7,3)9(10,11)12-6/h6H,4-5,10-11H2,1-3H3. The minimum atomic E-state index is -0.917. The lowest BCUT2D eigenvalue weighted by molar-refractivity contribution is -0.108. The van der Waals surface area contributed by atoms with Crippen molar-refractivity contribution in [1.82, 2.24) is 0 Å². The first-order valence-electron chi connectivity index (χ1n) is 4.57. The summed E-state index contributed by atoms with van der Waals surface area (Å²) in [6.45, 7) is 6.54. The lowest BCUT2D eigenvalue weighted by Gasteiger charge is -2.41. The summed E-state index contributed by atoms with van der Waals surface area (Å²) in [4.78, 5) is 0. The van der Waals surface area contributed by atoms with Crippen molar-refractivity contribution in [1.29, 1.82) is 0 Å². The number of fused-ring (bicyclic) bond motifs is 2. The Kier molecular flexibility index (Phi) is 1.32. The van der Waals surface area contributed by atoms with Crippen molar-refractivity contribution in [3.8, 4) is 0 Å². The summed E-state index contributed by atoms with van der Waals surface area (Å²) in [5.74, 6) is -0.917. The number of hydrogen-bond donors (Lipinski definition) is 2. The van der Waals surface area contributed by atoms with Gasteiger partial charge >= 0.3 is 0 Å². The van der Waals surface area contributed by atoms with E-state index in [0.717, 1.165) is 12.8 Å². The third-order valence-corrected chi connectivity index (χ3v) is 4.33. The van der Waals surface area contributed by atoms with Crippen molar-refractivity contribution in [2.24, 2.45) is 22.3 Å². The van der Waals surface area contributed by atoms with Gasteiger partial charge in [0, 0.05) is 10.8 Å². The Morgan fingerprint density at radius 1 is 1.25 bits per heavy atom. The van der Waals surface area contributed by atoms with Crippen LogP contribution in [0, 0.1) is 10.8 Å². The van der Waals surface area contributed by atoms with Crippen molar-refractivity contribution in [2.45, 2.75) is 45.6 Å². The molecule has 2 unspecified atom stereocenters. The molecule has 1 saturated heterocycles. The Bertz CT molecular complexity index is 225. The van der Waals surface area contributed by atoms with E-state index in [2.05, 4.69) is 20.8 Å². The second-order valence-electron chi connectivity index (χ2n) is 4.99. The Labute approximate surface area is 73.4 Å². The van der Waals surface area contributed by atoms with E-state index >= 15 is 0 Å². The third-order valence-electron chi connectivity index (χ3n) is 4.33. The zero-order chi connectivity index (χ0) is 9.20. The molecule has 4 N–H and O–H groups in total. The first-order chi connectivity index (χ1) is 5.31. The molecule has 3 nitrogen and oxygen atoms in total. The predicted molar refractivity (Wildman–Crippen MR) is 47.1 cm³/mol. The van der Waals surface area contributed by atoms with Crippen molar-refractivity contribution in [3.05, 3.63) is 0 Å². The van der Waals surface area contributed by atoms with Crippen LogP contribution in [0.15, 0.2) is 0 Å². The van der Waals surface area contributed by atoms with Crippen LogP contribution < -0.4 is 11.5 Å². The Hall–Kier alpha value is -0.120. The molecule has 1 heterocycles. The van der Waals surface area contributed by atoms with E-state index in [9.17, 15) is 0 Å². The van der Waals surface area contributed by atoms with Crippen molar-refractivity contribution in [2.75, 3.05) is 0 Å². The van der Waals surface area contributed by atoms with Gasteiger partial charge in [0.05, 0.1) is 6.10 Å². The largest absolute Gasteiger partial charge is 0.343 e. The summed E-state index contributed by atoms with van der Waals surface area (Å²) in [5, 5.41) is 0. The molecular weight excluding hydrogens is 152 g/mol. The summed E-state index contributed by atoms with van der Waals surface area (Å²) in [6, 6.07) is 0. The topological polar surface area (TPSA) is 61.3 Å². The molecule has 70 valence electrons. The summed E-state index contributed by atoms with van der Waals surface area (Å²) in [5.41, 5.74) is 11.9. The molecule has 0 amide bonds. The molecule has 0 spiro atoms. The highest BCUT2D eigenvalue weighted by Gasteiger charge is 2.67. The molecule has 0 aromatic carbocycles. The molecule has 0 radical (unpaired) electrons. The maximum absolute atomic E-state index is 5.93. The molecule has 2 aliphatic rings. The minimum absolute atomic E-state index is 0.0648. The molecule has 2 fully saturated rings. The van der Waals surface area contributed by atoms with Crippen LogP contribution in [0.5, 0.6) is 0 Å². The van der Waals surface area contributed by atoms with Crippen LogP contribution >= 0.6 is 0 Å². The normalized spacial score (nSPS) is 48.2. The van der Waals surface area contributed by atoms with Gasteiger partial charge in [-0.15, -0.1) is 0 Å². The van der Waals surface area contributed by atoms with Crippen LogP contribution in [0.25, 0.3) is 0 Å². The lowest BCUT2D eigenvalue weighted by atomic mass is 9.67. The lowest BCUT2D eigenvalue weighted by Crippen LogP contribution is -2.62. The highest BCUT2D eigenvalue weighted by molar-refractivity contribution is 5.13. The zero-order valence-corrected chi connectivity index (χ0v) is 8.05. The summed E-state index contributed by atoms with van der Waals surface area (Å²) in [7, 11) is 0. The first kappa shape index (κ1) is 8.48. The van der Waals surface area contributed by atoms with Gasteiger partial charge < -0.3 is 4.74 Å². The maximum atomic E-state index is 5.93. The fraction of sp³-hybridized carbons (Fsp3) is 1.00. The molecule has 12 heavy (non-hydrogen) atoms. The molecule has 3 heteroatoms. The monoisotopic (exact) mass is 170 g/mol. The Morgan fingerprint density at radius 2 is 1.83 bits per heavy atom. The highest BCUT2D eigenvalue weighted by atomic mass is 16.5. The molecule has 2 bridgehead atoms. The average Bonchev–Trinajstić information content (AvgIpc) is 2.18. The van der Waals surface area contributed by atoms with Crippen LogP contribution in [-0.4, -0.2) is 12.0 Å². The Balaban J connectivity index is 2.47. The molecule has 1 saturated carbocycles. The second-order valence-corrected chi connectivity index (χ2v) is 4.99. The fourth-order valence-electron chi connectivity index (χ4n) is 2.73. The van der Waals surface area contributed by atoms with Crippen molar-refractivity contribution < 1.29 is 4.74 Å². The number of rotatable bonds is 0. The third kappa shape index (κ3) is 0.640. The van der Waals surface area contributed by atoms with Gasteiger partial charge in [0.1, 0.15) is 0 Å². The van der Waals surface area contributed by atoms with E-state index in [0.29, 0.717) is 0 Å². The van der Waals surface area contributed by atoms with Gasteiger partial charge in [-0.2, -0.15) is 0 Å². The van der Waals surface area contributed by atoms with E-state index in [4.69, 9.17) is 16.2 Å². The van der Waals surface area contributed by atoms with E-state index < -0.39 is 5.85 Å². The molecular formula is C9H18N2O. The molecule has 0 aromatic heterocycles. The summed E-state index contributed by atoms with van der Waals surface area (Å²) in [6.07, 6.45) is 2.43. The molecule has 1 aliphatic heterocycles. The van der Waals surface area contributed by atoms with Gasteiger partial charge in [-0.25, -0.2) is 0 Å². The van der Waals surface area contributed by atoms with Crippen molar-refractivity contribution in [3.63, 3.8) is 0 Å². The van der Waals surface area contributed by atoms with E-state index in [1.165, 1.54) is 0 Å². The van der Waals surface area contributed by atoms with Gasteiger partial charge in [0.2, 0.25) is 0 Å². The molecule has 1 aliphatic carbocycles. The van der Waals surface area contributed by atoms with Gasteiger partial charge in [0.25, 0.3) is 0 Å². The van der Waals surface area contributed by atoms with E-state index in [-0.39, 0.29) is 16.9 Å². The van der Waals surface area contributed by atoms with Gasteiger partial charge in [-0.3, -0.25) is 11.5 Å². The van der Waals surface area contributed by atoms with Gasteiger partial charge in [0.15, 0.2) is 5.85 Å². The number of ether oxygens (including phenoxy) is 1. The van der Waals surface area contributed by atoms with Crippen LogP contribution in [-0.2, 0) is 4.74 Å².